The van der Waals surface area contributed by atoms with E-state index in [1.54, 1.807) is 0 Å². The Labute approximate surface area is 131 Å². The summed E-state index contributed by atoms with van der Waals surface area (Å²) in [5.41, 5.74) is 1.57. The second-order valence-corrected chi connectivity index (χ2v) is 6.33. The van der Waals surface area contributed by atoms with Gasteiger partial charge in [0.2, 0.25) is 0 Å². The molecule has 0 aromatic heterocycles. The highest BCUT2D eigenvalue weighted by atomic mass is 16.6. The van der Waals surface area contributed by atoms with E-state index in [4.69, 9.17) is 9.47 Å². The number of aliphatic hydroxyl groups is 1. The van der Waals surface area contributed by atoms with Crippen LogP contribution >= 0.6 is 0 Å². The van der Waals surface area contributed by atoms with Crippen molar-refractivity contribution < 1.29 is 24.2 Å². The van der Waals surface area contributed by atoms with E-state index >= 15 is 0 Å². The first-order valence-electron chi connectivity index (χ1n) is 7.71. The molecule has 1 saturated heterocycles. The number of aliphatic hydroxyl groups excluding tert-OH is 1. The maximum Gasteiger partial charge on any atom is 0.309 e. The van der Waals surface area contributed by atoms with Gasteiger partial charge >= 0.3 is 11.9 Å². The molecule has 0 radical (unpaired) electrons. The Bertz CT molecular complexity index is 507. The molecule has 1 aliphatic carbocycles. The van der Waals surface area contributed by atoms with E-state index in [1.165, 1.54) is 6.92 Å². The highest BCUT2D eigenvalue weighted by Gasteiger charge is 2.43. The zero-order valence-corrected chi connectivity index (χ0v) is 13.4. The molecule has 1 aliphatic heterocycles. The number of rotatable bonds is 1. The second kappa shape index (κ2) is 6.65. The second-order valence-electron chi connectivity index (χ2n) is 6.33. The zero-order chi connectivity index (χ0) is 16.4. The fourth-order valence-electron chi connectivity index (χ4n) is 3.13. The Morgan fingerprint density at radius 2 is 2.18 bits per heavy atom. The zero-order valence-electron chi connectivity index (χ0n) is 13.4. The van der Waals surface area contributed by atoms with E-state index in [0.29, 0.717) is 24.8 Å². The normalized spacial score (nSPS) is 36.2. The van der Waals surface area contributed by atoms with Crippen LogP contribution in [-0.2, 0) is 19.1 Å². The number of fused-ring (bicyclic) bond motifs is 1. The van der Waals surface area contributed by atoms with Crippen LogP contribution in [-0.4, -0.2) is 35.4 Å². The maximum atomic E-state index is 11.9. The Morgan fingerprint density at radius 1 is 1.50 bits per heavy atom. The van der Waals surface area contributed by atoms with Crippen molar-refractivity contribution in [3.8, 4) is 0 Å². The summed E-state index contributed by atoms with van der Waals surface area (Å²) in [6, 6.07) is 0. The summed E-state index contributed by atoms with van der Waals surface area (Å²) in [4.78, 5) is 23.2. The molecule has 5 heteroatoms. The molecule has 1 N–H and O–H groups in total. The molecule has 2 aliphatic rings. The minimum Gasteiger partial charge on any atom is -0.458 e. The van der Waals surface area contributed by atoms with Crippen LogP contribution in [0.3, 0.4) is 0 Å². The van der Waals surface area contributed by atoms with Crippen LogP contribution in [0.1, 0.15) is 40.0 Å². The number of allylic oxidation sites excluding steroid dienone is 1. The third-order valence-electron chi connectivity index (χ3n) is 4.59. The predicted octanol–water partition coefficient (Wildman–Crippen LogP) is 2.14. The van der Waals surface area contributed by atoms with E-state index in [9.17, 15) is 14.7 Å². The van der Waals surface area contributed by atoms with Gasteiger partial charge < -0.3 is 14.6 Å². The Hall–Kier alpha value is -1.62. The third-order valence-corrected chi connectivity index (χ3v) is 4.59. The lowest BCUT2D eigenvalue weighted by molar-refractivity contribution is -0.146. The first kappa shape index (κ1) is 16.7. The largest absolute Gasteiger partial charge is 0.458 e. The minimum absolute atomic E-state index is 0.0890. The topological polar surface area (TPSA) is 72.8 Å². The molecule has 0 amide bonds. The first-order valence-corrected chi connectivity index (χ1v) is 7.71. The lowest BCUT2D eigenvalue weighted by Gasteiger charge is -2.29. The minimum atomic E-state index is -0.724. The molecule has 0 bridgehead atoms. The highest BCUT2D eigenvalue weighted by Crippen LogP contribution is 2.36. The Morgan fingerprint density at radius 3 is 2.82 bits per heavy atom. The predicted molar refractivity (Wildman–Crippen MR) is 80.8 cm³/mol. The lowest BCUT2D eigenvalue weighted by atomic mass is 9.82. The van der Waals surface area contributed by atoms with Gasteiger partial charge in [-0.1, -0.05) is 19.1 Å². The molecule has 2 rings (SSSR count). The number of carbonyl (C=O) groups excluding carboxylic acids is 2. The lowest BCUT2D eigenvalue weighted by Crippen LogP contribution is -2.32. The van der Waals surface area contributed by atoms with Crippen molar-refractivity contribution in [3.63, 3.8) is 0 Å². The van der Waals surface area contributed by atoms with Gasteiger partial charge in [0.25, 0.3) is 0 Å². The van der Waals surface area contributed by atoms with Crippen LogP contribution < -0.4 is 0 Å². The van der Waals surface area contributed by atoms with Crippen LogP contribution in [0.2, 0.25) is 0 Å². The van der Waals surface area contributed by atoms with Crippen LogP contribution in [0.4, 0.5) is 0 Å². The summed E-state index contributed by atoms with van der Waals surface area (Å²) < 4.78 is 10.8. The van der Waals surface area contributed by atoms with E-state index < -0.39 is 18.2 Å². The summed E-state index contributed by atoms with van der Waals surface area (Å²) in [6.45, 7) is 9.04. The highest BCUT2D eigenvalue weighted by molar-refractivity contribution is 5.75. The smallest absolute Gasteiger partial charge is 0.309 e. The van der Waals surface area contributed by atoms with Gasteiger partial charge in [-0.25, -0.2) is 0 Å². The van der Waals surface area contributed by atoms with Crippen LogP contribution in [0.5, 0.6) is 0 Å². The molecule has 22 heavy (non-hydrogen) atoms. The fourth-order valence-corrected chi connectivity index (χ4v) is 3.13. The molecule has 0 aromatic rings. The van der Waals surface area contributed by atoms with Gasteiger partial charge in [-0.15, -0.1) is 0 Å². The van der Waals surface area contributed by atoms with Gasteiger partial charge in [0.15, 0.2) is 0 Å². The number of esters is 2. The summed E-state index contributed by atoms with van der Waals surface area (Å²) in [5, 5.41) is 10.2. The number of ether oxygens (including phenoxy) is 2. The van der Waals surface area contributed by atoms with Gasteiger partial charge in [-0.3, -0.25) is 9.59 Å². The van der Waals surface area contributed by atoms with Gasteiger partial charge in [0, 0.05) is 12.8 Å². The van der Waals surface area contributed by atoms with E-state index in [0.717, 1.165) is 5.57 Å². The van der Waals surface area contributed by atoms with Crippen molar-refractivity contribution in [3.05, 3.63) is 23.8 Å². The van der Waals surface area contributed by atoms with E-state index in [2.05, 4.69) is 6.58 Å². The molecule has 0 aromatic carbocycles. The summed E-state index contributed by atoms with van der Waals surface area (Å²) in [5.74, 6) is -1.01. The summed E-state index contributed by atoms with van der Waals surface area (Å²) in [7, 11) is 0. The number of hydrogen-bond donors (Lipinski definition) is 1. The van der Waals surface area contributed by atoms with Crippen LogP contribution in [0.25, 0.3) is 0 Å². The average Bonchev–Trinajstić information content (AvgIpc) is 2.69. The van der Waals surface area contributed by atoms with Crippen LogP contribution in [0.15, 0.2) is 23.8 Å². The third kappa shape index (κ3) is 3.58. The molecule has 0 saturated carbocycles. The molecule has 5 atom stereocenters. The Balaban J connectivity index is 2.32. The standard InChI is InChI=1S/C17H24O5/c1-9-5-6-14(19)11(3)15(21-12(4)18)8-13-10(2)17(20)22-16(13)7-9/h7,10,13-16,19H,3,5-6,8H2,1-2,4H3. The van der Waals surface area contributed by atoms with Crippen molar-refractivity contribution in [2.75, 3.05) is 0 Å². The first-order chi connectivity index (χ1) is 10.3. The van der Waals surface area contributed by atoms with Gasteiger partial charge in [0.05, 0.1) is 12.0 Å². The van der Waals surface area contributed by atoms with Gasteiger partial charge in [0.1, 0.15) is 12.2 Å². The van der Waals surface area contributed by atoms with Gasteiger partial charge in [-0.05, 0) is 37.8 Å². The molecule has 0 spiro atoms. The Kier molecular flexibility index (Phi) is 5.06. The van der Waals surface area contributed by atoms with Crippen molar-refractivity contribution in [1.82, 2.24) is 0 Å². The number of carbonyl (C=O) groups is 2. The van der Waals surface area contributed by atoms with Crippen molar-refractivity contribution in [1.29, 1.82) is 0 Å². The SMILES string of the molecule is C=C1C(O)CCC(C)=CC2OC(=O)C(C)C2CC1OC(C)=O. The molecule has 5 unspecified atom stereocenters. The quantitative estimate of drug-likeness (QED) is 0.593. The van der Waals surface area contributed by atoms with E-state index in [-0.39, 0.29) is 23.9 Å². The molecular formula is C17H24O5. The van der Waals surface area contributed by atoms with E-state index in [1.807, 2.05) is 19.9 Å². The molecule has 122 valence electrons. The maximum absolute atomic E-state index is 11.9. The number of hydrogen-bond acceptors (Lipinski definition) is 5. The summed E-state index contributed by atoms with van der Waals surface area (Å²) >= 11 is 0. The van der Waals surface area contributed by atoms with Gasteiger partial charge in [-0.2, -0.15) is 0 Å². The van der Waals surface area contributed by atoms with Crippen LogP contribution in [0, 0.1) is 11.8 Å². The average molecular weight is 308 g/mol. The van der Waals surface area contributed by atoms with Crippen molar-refractivity contribution in [2.45, 2.75) is 58.3 Å². The molecule has 1 fully saturated rings. The molecule has 1 heterocycles. The summed E-state index contributed by atoms with van der Waals surface area (Å²) in [6.07, 6.45) is 1.96. The van der Waals surface area contributed by atoms with Crippen molar-refractivity contribution >= 4 is 11.9 Å². The molecular weight excluding hydrogens is 284 g/mol. The van der Waals surface area contributed by atoms with Crippen molar-refractivity contribution in [2.24, 2.45) is 11.8 Å². The monoisotopic (exact) mass is 308 g/mol. The fraction of sp³-hybridized carbons (Fsp3) is 0.647. The molecule has 5 nitrogen and oxygen atoms in total.